The highest BCUT2D eigenvalue weighted by Gasteiger charge is 2.27. The molecule has 1 amide bonds. The number of hydrogen-bond acceptors (Lipinski definition) is 2. The monoisotopic (exact) mass is 205 g/mol. The van der Waals surface area contributed by atoms with E-state index in [2.05, 4.69) is 5.32 Å². The molecule has 0 radical (unpaired) electrons. The number of aliphatic carboxylic acids is 1. The number of carboxylic acid groups (broad SMARTS) is 1. The van der Waals surface area contributed by atoms with Gasteiger partial charge in [-0.15, -0.1) is 0 Å². The van der Waals surface area contributed by atoms with Crippen molar-refractivity contribution < 1.29 is 14.7 Å². The van der Waals surface area contributed by atoms with Crippen LogP contribution in [0.5, 0.6) is 0 Å². The van der Waals surface area contributed by atoms with Crippen LogP contribution in [0.1, 0.15) is 34.8 Å². The minimum absolute atomic E-state index is 0.0687. The van der Waals surface area contributed by atoms with Crippen molar-refractivity contribution in [3.05, 3.63) is 35.4 Å². The number of amides is 1. The van der Waals surface area contributed by atoms with Gasteiger partial charge in [0.05, 0.1) is 6.04 Å². The van der Waals surface area contributed by atoms with Crippen LogP contribution in [0.15, 0.2) is 24.3 Å². The lowest BCUT2D eigenvalue weighted by Crippen LogP contribution is -2.19. The van der Waals surface area contributed by atoms with Crippen LogP contribution in [0.25, 0.3) is 0 Å². The molecule has 1 heterocycles. The Kier molecular flexibility index (Phi) is 2.41. The summed E-state index contributed by atoms with van der Waals surface area (Å²) in [7, 11) is 0. The van der Waals surface area contributed by atoms with E-state index >= 15 is 0 Å². The third kappa shape index (κ3) is 1.83. The van der Waals surface area contributed by atoms with Crippen molar-refractivity contribution >= 4 is 11.9 Å². The van der Waals surface area contributed by atoms with Crippen LogP contribution in [0.3, 0.4) is 0 Å². The molecule has 0 saturated heterocycles. The van der Waals surface area contributed by atoms with Crippen molar-refractivity contribution in [2.24, 2.45) is 0 Å². The molecular weight excluding hydrogens is 194 g/mol. The molecule has 1 atom stereocenters. The van der Waals surface area contributed by atoms with Gasteiger partial charge in [-0.25, -0.2) is 0 Å². The van der Waals surface area contributed by atoms with Gasteiger partial charge in [-0.2, -0.15) is 0 Å². The number of carboxylic acids is 1. The van der Waals surface area contributed by atoms with Crippen molar-refractivity contribution in [3.8, 4) is 0 Å². The minimum Gasteiger partial charge on any atom is -0.481 e. The van der Waals surface area contributed by atoms with Crippen LogP contribution in [-0.2, 0) is 4.79 Å². The fourth-order valence-electron chi connectivity index (χ4n) is 1.82. The molecule has 1 aromatic rings. The van der Waals surface area contributed by atoms with Crippen LogP contribution in [-0.4, -0.2) is 17.0 Å². The smallest absolute Gasteiger partial charge is 0.303 e. The normalized spacial score (nSPS) is 18.4. The molecule has 4 nitrogen and oxygen atoms in total. The maximum Gasteiger partial charge on any atom is 0.303 e. The summed E-state index contributed by atoms with van der Waals surface area (Å²) in [5.74, 6) is -0.949. The molecule has 1 aliphatic heterocycles. The van der Waals surface area contributed by atoms with E-state index in [1.54, 1.807) is 12.1 Å². The molecule has 0 bridgehead atoms. The summed E-state index contributed by atoms with van der Waals surface area (Å²) in [6.07, 6.45) is 0.511. The van der Waals surface area contributed by atoms with Gasteiger partial charge in [0, 0.05) is 12.0 Å². The lowest BCUT2D eigenvalue weighted by molar-refractivity contribution is -0.137. The number of benzene rings is 1. The number of fused-ring (bicyclic) bond motifs is 1. The average molecular weight is 205 g/mol. The predicted molar refractivity (Wildman–Crippen MR) is 53.5 cm³/mol. The molecule has 0 saturated carbocycles. The van der Waals surface area contributed by atoms with Crippen LogP contribution < -0.4 is 5.32 Å². The van der Waals surface area contributed by atoms with E-state index in [9.17, 15) is 9.59 Å². The Bertz CT molecular complexity index is 414. The molecule has 0 spiro atoms. The quantitative estimate of drug-likeness (QED) is 0.782. The van der Waals surface area contributed by atoms with Gasteiger partial charge in [-0.1, -0.05) is 18.2 Å². The van der Waals surface area contributed by atoms with Crippen molar-refractivity contribution in [1.82, 2.24) is 5.32 Å². The minimum atomic E-state index is -0.839. The molecule has 1 aromatic carbocycles. The summed E-state index contributed by atoms with van der Waals surface area (Å²) in [5.41, 5.74) is 1.57. The molecule has 4 heteroatoms. The summed E-state index contributed by atoms with van der Waals surface area (Å²) < 4.78 is 0. The highest BCUT2D eigenvalue weighted by Crippen LogP contribution is 2.28. The van der Waals surface area contributed by atoms with E-state index in [4.69, 9.17) is 5.11 Å². The van der Waals surface area contributed by atoms with E-state index in [1.165, 1.54) is 0 Å². The van der Waals surface area contributed by atoms with Gasteiger partial charge < -0.3 is 10.4 Å². The second-order valence-corrected chi connectivity index (χ2v) is 3.55. The summed E-state index contributed by atoms with van der Waals surface area (Å²) in [6.45, 7) is 0. The van der Waals surface area contributed by atoms with E-state index in [-0.39, 0.29) is 18.4 Å². The second kappa shape index (κ2) is 3.73. The summed E-state index contributed by atoms with van der Waals surface area (Å²) in [4.78, 5) is 21.9. The molecular formula is C11H11NO3. The predicted octanol–water partition coefficient (Wildman–Crippen LogP) is 1.34. The number of nitrogens with one attached hydrogen (secondary N) is 1. The van der Waals surface area contributed by atoms with Gasteiger partial charge in [-0.3, -0.25) is 9.59 Å². The Morgan fingerprint density at radius 2 is 2.13 bits per heavy atom. The fourth-order valence-corrected chi connectivity index (χ4v) is 1.82. The van der Waals surface area contributed by atoms with Gasteiger partial charge >= 0.3 is 5.97 Å². The molecule has 15 heavy (non-hydrogen) atoms. The molecule has 0 aromatic heterocycles. The highest BCUT2D eigenvalue weighted by molar-refractivity contribution is 5.99. The molecule has 1 unspecified atom stereocenters. The van der Waals surface area contributed by atoms with Crippen molar-refractivity contribution in [1.29, 1.82) is 0 Å². The third-order valence-corrected chi connectivity index (χ3v) is 2.53. The second-order valence-electron chi connectivity index (χ2n) is 3.55. The first-order valence-electron chi connectivity index (χ1n) is 4.80. The zero-order valence-electron chi connectivity index (χ0n) is 8.06. The standard InChI is InChI=1S/C11H11NO3/c13-10(14)6-5-9-7-3-1-2-4-8(7)11(15)12-9/h1-4,9H,5-6H2,(H,12,15)(H,13,14). The Morgan fingerprint density at radius 1 is 1.40 bits per heavy atom. The van der Waals surface area contributed by atoms with Crippen molar-refractivity contribution in [3.63, 3.8) is 0 Å². The first kappa shape index (κ1) is 9.71. The van der Waals surface area contributed by atoms with Crippen LogP contribution in [0.2, 0.25) is 0 Å². The number of carbonyl (C=O) groups excluding carboxylic acids is 1. The summed E-state index contributed by atoms with van der Waals surface area (Å²) in [5, 5.41) is 11.3. The Labute approximate surface area is 86.9 Å². The maximum atomic E-state index is 11.5. The zero-order chi connectivity index (χ0) is 10.8. The summed E-state index contributed by atoms with van der Waals surface area (Å²) in [6, 6.07) is 7.13. The van der Waals surface area contributed by atoms with E-state index in [1.807, 2.05) is 12.1 Å². The van der Waals surface area contributed by atoms with E-state index in [0.717, 1.165) is 5.56 Å². The Balaban J connectivity index is 2.17. The van der Waals surface area contributed by atoms with Gasteiger partial charge in [0.1, 0.15) is 0 Å². The van der Waals surface area contributed by atoms with Gasteiger partial charge in [-0.05, 0) is 18.1 Å². The first-order chi connectivity index (χ1) is 7.18. The maximum absolute atomic E-state index is 11.5. The Hall–Kier alpha value is -1.84. The van der Waals surface area contributed by atoms with Gasteiger partial charge in [0.2, 0.25) is 0 Å². The molecule has 0 fully saturated rings. The van der Waals surface area contributed by atoms with Crippen LogP contribution >= 0.6 is 0 Å². The lowest BCUT2D eigenvalue weighted by atomic mass is 10.0. The number of carbonyl (C=O) groups is 2. The van der Waals surface area contributed by atoms with Crippen molar-refractivity contribution in [2.75, 3.05) is 0 Å². The van der Waals surface area contributed by atoms with Crippen LogP contribution in [0.4, 0.5) is 0 Å². The number of hydrogen-bond donors (Lipinski definition) is 2. The highest BCUT2D eigenvalue weighted by atomic mass is 16.4. The average Bonchev–Trinajstić information content (AvgIpc) is 2.54. The number of rotatable bonds is 3. The molecule has 78 valence electrons. The van der Waals surface area contributed by atoms with Crippen LogP contribution in [0, 0.1) is 0 Å². The molecule has 2 N–H and O–H groups in total. The van der Waals surface area contributed by atoms with E-state index < -0.39 is 5.97 Å². The fraction of sp³-hybridized carbons (Fsp3) is 0.273. The first-order valence-corrected chi connectivity index (χ1v) is 4.80. The molecule has 2 rings (SSSR count). The van der Waals surface area contributed by atoms with E-state index in [0.29, 0.717) is 12.0 Å². The molecule has 0 aliphatic carbocycles. The lowest BCUT2D eigenvalue weighted by Gasteiger charge is -2.09. The Morgan fingerprint density at radius 3 is 2.87 bits per heavy atom. The third-order valence-electron chi connectivity index (χ3n) is 2.53. The SMILES string of the molecule is O=C(O)CCC1NC(=O)c2ccccc21. The zero-order valence-corrected chi connectivity index (χ0v) is 8.06. The summed E-state index contributed by atoms with van der Waals surface area (Å²) >= 11 is 0. The largest absolute Gasteiger partial charge is 0.481 e. The molecule has 1 aliphatic rings. The topological polar surface area (TPSA) is 66.4 Å². The van der Waals surface area contributed by atoms with Gasteiger partial charge in [0.25, 0.3) is 5.91 Å². The van der Waals surface area contributed by atoms with Crippen molar-refractivity contribution in [2.45, 2.75) is 18.9 Å². The van der Waals surface area contributed by atoms with Gasteiger partial charge in [0.15, 0.2) is 0 Å².